The van der Waals surface area contributed by atoms with Crippen molar-refractivity contribution in [2.45, 2.75) is 111 Å². The number of pyridine rings is 1. The van der Waals surface area contributed by atoms with Gasteiger partial charge in [-0.25, -0.2) is 9.80 Å². The lowest BCUT2D eigenvalue weighted by Crippen LogP contribution is -2.54. The number of carbonyl (C=O) groups excluding carboxylic acids is 7. The van der Waals surface area contributed by atoms with Gasteiger partial charge < -0.3 is 26.2 Å². The van der Waals surface area contributed by atoms with Crippen molar-refractivity contribution in [3.63, 3.8) is 0 Å². The van der Waals surface area contributed by atoms with Gasteiger partial charge in [-0.2, -0.15) is 5.10 Å². The monoisotopic (exact) mass is 811 g/mol. The second-order valence-corrected chi connectivity index (χ2v) is 15.8. The minimum Gasteiger partial charge on any atom is -0.354 e. The molecule has 1 aromatic carbocycles. The highest BCUT2D eigenvalue weighted by Gasteiger charge is 2.29. The van der Waals surface area contributed by atoms with Gasteiger partial charge in [0.2, 0.25) is 23.6 Å². The SMILES string of the molecule is CC(C)[C@@H](NC(=O)CCCCCN1C(=O)C=CC1=O)C(=O)N[C@H](C)C(=O)NCCCCCCN1N=C(c2ccc(NC(=O)N3Cc4ccncc4C3)cc2)[C@H](C)CC1=O. The van der Waals surface area contributed by atoms with Gasteiger partial charge in [-0.05, 0) is 73.4 Å². The Labute approximate surface area is 345 Å². The largest absolute Gasteiger partial charge is 0.354 e. The van der Waals surface area contributed by atoms with Crippen molar-refractivity contribution in [2.24, 2.45) is 16.9 Å². The molecule has 0 radical (unpaired) electrons. The summed E-state index contributed by atoms with van der Waals surface area (Å²) in [5.41, 5.74) is 4.55. The number of unbranched alkanes of at least 4 members (excludes halogenated alkanes) is 5. The second kappa shape index (κ2) is 21.2. The summed E-state index contributed by atoms with van der Waals surface area (Å²) in [4.78, 5) is 94.5. The first-order chi connectivity index (χ1) is 28.3. The van der Waals surface area contributed by atoms with E-state index in [1.807, 2.05) is 51.1 Å². The Morgan fingerprint density at radius 3 is 2.19 bits per heavy atom. The maximum atomic E-state index is 13.0. The van der Waals surface area contributed by atoms with Crippen LogP contribution in [-0.4, -0.2) is 98.7 Å². The van der Waals surface area contributed by atoms with Gasteiger partial charge in [-0.3, -0.25) is 38.7 Å². The third kappa shape index (κ3) is 12.5. The summed E-state index contributed by atoms with van der Waals surface area (Å²) < 4.78 is 0. The first-order valence-electron chi connectivity index (χ1n) is 20.7. The predicted octanol–water partition coefficient (Wildman–Crippen LogP) is 4.01. The van der Waals surface area contributed by atoms with Gasteiger partial charge in [-0.1, -0.05) is 52.2 Å². The van der Waals surface area contributed by atoms with E-state index in [4.69, 9.17) is 5.10 Å². The van der Waals surface area contributed by atoms with Gasteiger partial charge in [0.05, 0.1) is 5.71 Å². The van der Waals surface area contributed by atoms with Crippen LogP contribution in [-0.2, 0) is 41.9 Å². The van der Waals surface area contributed by atoms with Gasteiger partial charge in [-0.15, -0.1) is 0 Å². The molecule has 0 saturated heterocycles. The number of hydrogen-bond donors (Lipinski definition) is 4. The number of benzene rings is 1. The zero-order chi connectivity index (χ0) is 42.5. The van der Waals surface area contributed by atoms with Gasteiger partial charge >= 0.3 is 6.03 Å². The quantitative estimate of drug-likeness (QED) is 0.113. The maximum Gasteiger partial charge on any atom is 0.322 e. The third-order valence-electron chi connectivity index (χ3n) is 10.7. The molecule has 3 aliphatic heterocycles. The number of nitrogens with zero attached hydrogens (tertiary/aromatic N) is 5. The molecule has 16 heteroatoms. The van der Waals surface area contributed by atoms with Gasteiger partial charge in [0.25, 0.3) is 11.8 Å². The number of anilines is 1. The molecule has 4 heterocycles. The van der Waals surface area contributed by atoms with E-state index in [9.17, 15) is 33.6 Å². The summed E-state index contributed by atoms with van der Waals surface area (Å²) in [6, 6.07) is 7.68. The number of hydrogen-bond acceptors (Lipinski definition) is 9. The number of imide groups is 1. The molecule has 316 valence electrons. The van der Waals surface area contributed by atoms with E-state index in [2.05, 4.69) is 26.3 Å². The van der Waals surface area contributed by atoms with Crippen molar-refractivity contribution in [1.29, 1.82) is 0 Å². The van der Waals surface area contributed by atoms with Crippen molar-refractivity contribution in [3.05, 3.63) is 71.6 Å². The molecule has 3 aliphatic rings. The highest BCUT2D eigenvalue weighted by molar-refractivity contribution is 6.12. The van der Waals surface area contributed by atoms with Crippen LogP contribution in [0, 0.1) is 11.8 Å². The lowest BCUT2D eigenvalue weighted by atomic mass is 9.93. The Balaban J connectivity index is 0.954. The van der Waals surface area contributed by atoms with Crippen LogP contribution in [0.5, 0.6) is 0 Å². The standard InChI is InChI=1S/C43H57N9O7/c1-28(2)39(48-35(53)12-8-7-10-22-51-36(54)17-18-37(51)55)42(58)46-30(4)41(57)45-20-9-5-6-11-23-52-38(56)24-29(3)40(49-52)31-13-15-34(16-14-31)47-43(59)50-26-32-19-21-44-25-33(32)27-50/h13-19,21,25,28-30,39H,5-12,20,22-24,26-27H2,1-4H3,(H,45,57)(H,46,58)(H,47,59)(H,48,53)/t29-,30-,39-/m1/s1. The molecule has 0 fully saturated rings. The Kier molecular flexibility index (Phi) is 15.9. The van der Waals surface area contributed by atoms with Crippen molar-refractivity contribution in [2.75, 3.05) is 25.0 Å². The molecule has 0 unspecified atom stereocenters. The third-order valence-corrected chi connectivity index (χ3v) is 10.7. The van der Waals surface area contributed by atoms with Crippen molar-refractivity contribution in [1.82, 2.24) is 35.7 Å². The minimum absolute atomic E-state index is 0.0183. The number of aromatic nitrogens is 1. The van der Waals surface area contributed by atoms with Crippen molar-refractivity contribution >= 4 is 52.9 Å². The normalized spacial score (nSPS) is 17.2. The summed E-state index contributed by atoms with van der Waals surface area (Å²) in [6.45, 7) is 9.51. The highest BCUT2D eigenvalue weighted by Crippen LogP contribution is 2.25. The Morgan fingerprint density at radius 2 is 1.47 bits per heavy atom. The smallest absolute Gasteiger partial charge is 0.322 e. The predicted molar refractivity (Wildman–Crippen MR) is 221 cm³/mol. The van der Waals surface area contributed by atoms with Crippen molar-refractivity contribution < 1.29 is 33.6 Å². The van der Waals surface area contributed by atoms with Crippen LogP contribution in [0.25, 0.3) is 0 Å². The van der Waals surface area contributed by atoms with E-state index in [0.717, 1.165) is 48.1 Å². The summed E-state index contributed by atoms with van der Waals surface area (Å²) in [5.74, 6) is -1.96. The van der Waals surface area contributed by atoms with Gasteiger partial charge in [0.15, 0.2) is 0 Å². The first-order valence-corrected chi connectivity index (χ1v) is 20.7. The molecule has 0 saturated carbocycles. The van der Waals surface area contributed by atoms with E-state index >= 15 is 0 Å². The zero-order valence-corrected chi connectivity index (χ0v) is 34.5. The van der Waals surface area contributed by atoms with Crippen LogP contribution >= 0.6 is 0 Å². The fourth-order valence-electron chi connectivity index (χ4n) is 7.19. The fraction of sp³-hybridized carbons (Fsp3) is 0.512. The average molecular weight is 812 g/mol. The number of carbonyl (C=O) groups is 7. The van der Waals surface area contributed by atoms with E-state index in [1.165, 1.54) is 17.1 Å². The van der Waals surface area contributed by atoms with Crippen molar-refractivity contribution in [3.8, 4) is 0 Å². The molecule has 59 heavy (non-hydrogen) atoms. The molecular formula is C43H57N9O7. The number of urea groups is 1. The molecule has 0 aliphatic carbocycles. The molecule has 1 aromatic heterocycles. The van der Waals surface area contributed by atoms with Gasteiger partial charge in [0, 0.05) is 81.7 Å². The average Bonchev–Trinajstić information content (AvgIpc) is 3.79. The highest BCUT2D eigenvalue weighted by atomic mass is 16.2. The Morgan fingerprint density at radius 1 is 0.797 bits per heavy atom. The molecule has 5 rings (SSSR count). The number of rotatable bonds is 20. The lowest BCUT2D eigenvalue weighted by molar-refractivity contribution is -0.137. The zero-order valence-electron chi connectivity index (χ0n) is 34.5. The molecule has 0 spiro atoms. The second-order valence-electron chi connectivity index (χ2n) is 15.8. The van der Waals surface area contributed by atoms with Crippen LogP contribution < -0.4 is 21.3 Å². The summed E-state index contributed by atoms with van der Waals surface area (Å²) in [6.07, 6.45) is 11.5. The van der Waals surface area contributed by atoms with Crippen LogP contribution in [0.3, 0.4) is 0 Å². The van der Waals surface area contributed by atoms with Crippen LogP contribution in [0.15, 0.2) is 60.0 Å². The van der Waals surface area contributed by atoms with E-state index < -0.39 is 18.0 Å². The molecule has 2 aromatic rings. The first kappa shape index (κ1) is 44.2. The Hall–Kier alpha value is -5.93. The minimum atomic E-state index is -0.809. The van der Waals surface area contributed by atoms with Crippen LogP contribution in [0.4, 0.5) is 10.5 Å². The molecule has 8 amide bonds. The number of fused-ring (bicyclic) bond motifs is 1. The molecule has 4 N–H and O–H groups in total. The summed E-state index contributed by atoms with van der Waals surface area (Å²) in [7, 11) is 0. The van der Waals surface area contributed by atoms with Gasteiger partial charge in [0.1, 0.15) is 12.1 Å². The number of hydrazone groups is 1. The summed E-state index contributed by atoms with van der Waals surface area (Å²) >= 11 is 0. The number of nitrogens with one attached hydrogen (secondary N) is 4. The van der Waals surface area contributed by atoms with E-state index in [1.54, 1.807) is 29.2 Å². The lowest BCUT2D eigenvalue weighted by Gasteiger charge is -2.28. The maximum absolute atomic E-state index is 13.0. The molecular weight excluding hydrogens is 755 g/mol. The fourth-order valence-corrected chi connectivity index (χ4v) is 7.19. The molecule has 3 atom stereocenters. The molecule has 0 bridgehead atoms. The van der Waals surface area contributed by atoms with Crippen LogP contribution in [0.2, 0.25) is 0 Å². The van der Waals surface area contributed by atoms with E-state index in [-0.39, 0.29) is 53.8 Å². The Bertz CT molecular complexity index is 1890. The van der Waals surface area contributed by atoms with E-state index in [0.29, 0.717) is 64.1 Å². The molecule has 16 nitrogen and oxygen atoms in total. The topological polar surface area (TPSA) is 203 Å². The summed E-state index contributed by atoms with van der Waals surface area (Å²) in [5, 5.41) is 17.6. The van der Waals surface area contributed by atoms with Crippen LogP contribution in [0.1, 0.15) is 102 Å². The number of amides is 8.